The van der Waals surface area contributed by atoms with Crippen LogP contribution in [0.15, 0.2) is 10.7 Å². The highest BCUT2D eigenvalue weighted by Gasteiger charge is 2.22. The average molecular weight is 170 g/mol. The zero-order valence-electron chi connectivity index (χ0n) is 7.70. The Hall–Kier alpha value is -1.06. The third-order valence-electron chi connectivity index (χ3n) is 2.04. The number of hydrogen-bond donors (Lipinski definition) is 0. The number of hydrogen-bond acceptors (Lipinski definition) is 3. The summed E-state index contributed by atoms with van der Waals surface area (Å²) in [7, 11) is 0. The summed E-state index contributed by atoms with van der Waals surface area (Å²) in [5, 5.41) is 14.2. The summed E-state index contributed by atoms with van der Waals surface area (Å²) in [6, 6.07) is 0. The molecular formula is C8H14N2O2. The second-order valence-electron chi connectivity index (χ2n) is 3.74. The van der Waals surface area contributed by atoms with E-state index < -0.39 is 0 Å². The summed E-state index contributed by atoms with van der Waals surface area (Å²) in [5.41, 5.74) is 0.161. The van der Waals surface area contributed by atoms with Crippen LogP contribution in [-0.4, -0.2) is 5.27 Å². The van der Waals surface area contributed by atoms with Gasteiger partial charge < -0.3 is 9.63 Å². The van der Waals surface area contributed by atoms with Gasteiger partial charge in [0.2, 0.25) is 6.20 Å². The molecule has 0 aliphatic heterocycles. The zero-order valence-corrected chi connectivity index (χ0v) is 7.70. The monoisotopic (exact) mass is 170 g/mol. The first-order valence-electron chi connectivity index (χ1n) is 4.07. The average Bonchev–Trinajstić information content (AvgIpc) is 2.35. The first-order valence-corrected chi connectivity index (χ1v) is 4.07. The van der Waals surface area contributed by atoms with Gasteiger partial charge in [0.05, 0.1) is 5.27 Å². The molecule has 0 radical (unpaired) electrons. The van der Waals surface area contributed by atoms with E-state index >= 15 is 0 Å². The normalized spacial score (nSPS) is 11.9. The molecule has 68 valence electrons. The highest BCUT2D eigenvalue weighted by molar-refractivity contribution is 4.80. The molecule has 0 aliphatic rings. The molecule has 0 saturated carbocycles. The maximum atomic E-state index is 10.6. The van der Waals surface area contributed by atoms with Crippen molar-refractivity contribution in [3.63, 3.8) is 0 Å². The van der Waals surface area contributed by atoms with Gasteiger partial charge in [0.1, 0.15) is 5.95 Å². The first kappa shape index (κ1) is 9.03. The predicted octanol–water partition coefficient (Wildman–Crippen LogP) is 0.472. The molecule has 1 aromatic heterocycles. The van der Waals surface area contributed by atoms with Crippen LogP contribution in [0.2, 0.25) is 0 Å². The van der Waals surface area contributed by atoms with Gasteiger partial charge in [0.25, 0.3) is 0 Å². The maximum absolute atomic E-state index is 10.6. The van der Waals surface area contributed by atoms with Crippen molar-refractivity contribution in [1.29, 1.82) is 0 Å². The van der Waals surface area contributed by atoms with Crippen molar-refractivity contribution in [2.24, 2.45) is 5.41 Å². The Morgan fingerprint density at radius 3 is 2.75 bits per heavy atom. The Bertz CT molecular complexity index is 255. The number of nitrogens with zero attached hydrogens (tertiary/aromatic N) is 2. The van der Waals surface area contributed by atoms with Crippen molar-refractivity contribution >= 4 is 0 Å². The number of rotatable bonds is 3. The first-order chi connectivity index (χ1) is 5.53. The third kappa shape index (κ3) is 2.22. The van der Waals surface area contributed by atoms with E-state index in [9.17, 15) is 5.11 Å². The van der Waals surface area contributed by atoms with Crippen molar-refractivity contribution in [3.05, 3.63) is 6.20 Å². The Kier molecular flexibility index (Phi) is 2.35. The Morgan fingerprint density at radius 2 is 2.33 bits per heavy atom. The van der Waals surface area contributed by atoms with Crippen LogP contribution in [0.3, 0.4) is 0 Å². The Morgan fingerprint density at radius 1 is 1.67 bits per heavy atom. The van der Waals surface area contributed by atoms with Gasteiger partial charge in [-0.3, -0.25) is 0 Å². The molecule has 0 atom stereocenters. The second kappa shape index (κ2) is 3.13. The molecule has 0 aromatic carbocycles. The SMILES string of the molecule is CCC(C)(C)C[n+]1cc([O-])on1. The second-order valence-corrected chi connectivity index (χ2v) is 3.74. The molecule has 12 heavy (non-hydrogen) atoms. The van der Waals surface area contributed by atoms with Gasteiger partial charge >= 0.3 is 0 Å². The van der Waals surface area contributed by atoms with Gasteiger partial charge in [-0.1, -0.05) is 25.5 Å². The summed E-state index contributed by atoms with van der Waals surface area (Å²) < 4.78 is 5.96. The van der Waals surface area contributed by atoms with Crippen LogP contribution in [-0.2, 0) is 6.54 Å². The summed E-state index contributed by atoms with van der Waals surface area (Å²) in [6.07, 6.45) is 2.42. The summed E-state index contributed by atoms with van der Waals surface area (Å²) >= 11 is 0. The van der Waals surface area contributed by atoms with E-state index in [-0.39, 0.29) is 11.4 Å². The fourth-order valence-electron chi connectivity index (χ4n) is 0.886. The number of aromatic nitrogens is 2. The van der Waals surface area contributed by atoms with Crippen molar-refractivity contribution < 1.29 is 14.3 Å². The van der Waals surface area contributed by atoms with E-state index in [1.807, 2.05) is 0 Å². The van der Waals surface area contributed by atoms with E-state index in [0.717, 1.165) is 13.0 Å². The highest BCUT2D eigenvalue weighted by Crippen LogP contribution is 2.19. The third-order valence-corrected chi connectivity index (χ3v) is 2.04. The lowest BCUT2D eigenvalue weighted by molar-refractivity contribution is -0.772. The largest absolute Gasteiger partial charge is 0.539 e. The van der Waals surface area contributed by atoms with Crippen molar-refractivity contribution in [2.75, 3.05) is 0 Å². The minimum atomic E-state index is -0.387. The molecule has 0 spiro atoms. The van der Waals surface area contributed by atoms with Crippen LogP contribution in [0, 0.1) is 5.41 Å². The quantitative estimate of drug-likeness (QED) is 0.620. The van der Waals surface area contributed by atoms with Crippen molar-refractivity contribution in [2.45, 2.75) is 33.7 Å². The fourth-order valence-corrected chi connectivity index (χ4v) is 0.886. The van der Waals surface area contributed by atoms with Gasteiger partial charge in [0, 0.05) is 5.41 Å². The van der Waals surface area contributed by atoms with Gasteiger partial charge in [-0.15, -0.1) is 0 Å². The van der Waals surface area contributed by atoms with E-state index in [2.05, 4.69) is 30.6 Å². The van der Waals surface area contributed by atoms with E-state index in [1.54, 1.807) is 4.68 Å². The van der Waals surface area contributed by atoms with Gasteiger partial charge in [-0.05, 0) is 6.42 Å². The molecule has 1 aromatic rings. The minimum Gasteiger partial charge on any atom is -0.539 e. The molecule has 0 N–H and O–H groups in total. The maximum Gasteiger partial charge on any atom is 0.221 e. The molecular weight excluding hydrogens is 156 g/mol. The van der Waals surface area contributed by atoms with Crippen LogP contribution >= 0.6 is 0 Å². The summed E-state index contributed by atoms with van der Waals surface area (Å²) in [4.78, 5) is 0. The Balaban J connectivity index is 2.63. The molecule has 0 saturated heterocycles. The zero-order chi connectivity index (χ0) is 9.19. The molecule has 1 heterocycles. The molecule has 0 amide bonds. The van der Waals surface area contributed by atoms with Crippen LogP contribution in [0.5, 0.6) is 5.95 Å². The van der Waals surface area contributed by atoms with E-state index in [4.69, 9.17) is 0 Å². The van der Waals surface area contributed by atoms with E-state index in [0.29, 0.717) is 0 Å². The minimum absolute atomic E-state index is 0.161. The molecule has 4 nitrogen and oxygen atoms in total. The van der Waals surface area contributed by atoms with Crippen molar-refractivity contribution in [1.82, 2.24) is 5.27 Å². The van der Waals surface area contributed by atoms with Crippen LogP contribution in [0.25, 0.3) is 0 Å². The van der Waals surface area contributed by atoms with Crippen molar-refractivity contribution in [3.8, 4) is 5.95 Å². The highest BCUT2D eigenvalue weighted by atomic mass is 16.6. The topological polar surface area (TPSA) is 53.0 Å². The lowest BCUT2D eigenvalue weighted by atomic mass is 9.90. The van der Waals surface area contributed by atoms with Crippen LogP contribution < -0.4 is 9.79 Å². The molecule has 0 bridgehead atoms. The lowest BCUT2D eigenvalue weighted by Crippen LogP contribution is -2.41. The van der Waals surface area contributed by atoms with Crippen LogP contribution in [0.4, 0.5) is 0 Å². The lowest BCUT2D eigenvalue weighted by Gasteiger charge is -2.15. The molecule has 1 rings (SSSR count). The van der Waals surface area contributed by atoms with Gasteiger partial charge in [0.15, 0.2) is 6.54 Å². The summed E-state index contributed by atoms with van der Waals surface area (Å²) in [5.74, 6) is -0.387. The molecule has 0 unspecified atom stereocenters. The molecule has 4 heteroatoms. The van der Waals surface area contributed by atoms with Crippen LogP contribution in [0.1, 0.15) is 27.2 Å². The standard InChI is InChI=1S/C8H14N2O2/c1-4-8(2,3)6-10-5-7(11)12-9-10/h5H,4,6H2,1-3H3. The molecule has 0 fully saturated rings. The fraction of sp³-hybridized carbons (Fsp3) is 0.750. The van der Waals surface area contributed by atoms with Gasteiger partial charge in [-0.2, -0.15) is 0 Å². The molecule has 0 aliphatic carbocycles. The summed E-state index contributed by atoms with van der Waals surface area (Å²) in [6.45, 7) is 7.08. The smallest absolute Gasteiger partial charge is 0.221 e. The Labute approximate surface area is 71.8 Å². The van der Waals surface area contributed by atoms with E-state index in [1.165, 1.54) is 6.20 Å². The predicted molar refractivity (Wildman–Crippen MR) is 40.2 cm³/mol. The van der Waals surface area contributed by atoms with Gasteiger partial charge in [-0.25, -0.2) is 0 Å².